The Bertz CT molecular complexity index is 1230. The number of ether oxygens (including phenoxy) is 1. The SMILES string of the molecule is CCS(=O)(=O)N(C)c1ccc(-c2c(C#N)c3ccc(OC)cc3n2CC2CC2)cc1. The Labute approximate surface area is 177 Å². The van der Waals surface area contributed by atoms with E-state index >= 15 is 0 Å². The van der Waals surface area contributed by atoms with Gasteiger partial charge < -0.3 is 9.30 Å². The second kappa shape index (κ2) is 7.69. The van der Waals surface area contributed by atoms with E-state index in [0.717, 1.165) is 34.5 Å². The molecule has 0 saturated heterocycles. The average molecular weight is 424 g/mol. The Kier molecular flexibility index (Phi) is 5.20. The maximum absolute atomic E-state index is 12.2. The van der Waals surface area contributed by atoms with E-state index in [1.165, 1.54) is 17.1 Å². The Hall–Kier alpha value is -2.98. The fourth-order valence-corrected chi connectivity index (χ4v) is 4.63. The van der Waals surface area contributed by atoms with Crippen molar-refractivity contribution < 1.29 is 13.2 Å². The van der Waals surface area contributed by atoms with Gasteiger partial charge in [0, 0.05) is 25.0 Å². The molecule has 7 heteroatoms. The molecule has 0 atom stereocenters. The Balaban J connectivity index is 1.86. The Morgan fingerprint density at radius 1 is 1.20 bits per heavy atom. The lowest BCUT2D eigenvalue weighted by Gasteiger charge is -2.19. The van der Waals surface area contributed by atoms with Crippen molar-refractivity contribution in [3.8, 4) is 23.1 Å². The fourth-order valence-electron chi connectivity index (χ4n) is 3.80. The second-order valence-electron chi connectivity index (χ2n) is 7.69. The Morgan fingerprint density at radius 2 is 1.90 bits per heavy atom. The van der Waals surface area contributed by atoms with Crippen LogP contribution in [0.5, 0.6) is 5.75 Å². The highest BCUT2D eigenvalue weighted by Crippen LogP contribution is 2.39. The van der Waals surface area contributed by atoms with Crippen molar-refractivity contribution in [1.29, 1.82) is 5.26 Å². The lowest BCUT2D eigenvalue weighted by Crippen LogP contribution is -2.27. The quantitative estimate of drug-likeness (QED) is 0.565. The van der Waals surface area contributed by atoms with Crippen LogP contribution in [0.15, 0.2) is 42.5 Å². The molecule has 1 saturated carbocycles. The summed E-state index contributed by atoms with van der Waals surface area (Å²) < 4.78 is 33.3. The van der Waals surface area contributed by atoms with E-state index in [4.69, 9.17) is 4.74 Å². The summed E-state index contributed by atoms with van der Waals surface area (Å²) in [7, 11) is -0.123. The molecule has 0 unspecified atom stereocenters. The molecule has 6 nitrogen and oxygen atoms in total. The summed E-state index contributed by atoms with van der Waals surface area (Å²) in [5.74, 6) is 1.42. The zero-order valence-electron chi connectivity index (χ0n) is 17.4. The molecule has 2 aromatic carbocycles. The largest absolute Gasteiger partial charge is 0.497 e. The van der Waals surface area contributed by atoms with Gasteiger partial charge in [-0.2, -0.15) is 5.26 Å². The molecular weight excluding hydrogens is 398 g/mol. The molecule has 4 rings (SSSR count). The minimum atomic E-state index is -3.32. The molecule has 0 aliphatic heterocycles. The lowest BCUT2D eigenvalue weighted by atomic mass is 10.1. The zero-order chi connectivity index (χ0) is 21.5. The standard InChI is InChI=1S/C23H25N3O3S/c1-4-30(27,28)25(2)18-9-7-17(8-10-18)23-21(14-24)20-12-11-19(29-3)13-22(20)26(23)15-16-5-6-16/h7-13,16H,4-6,15H2,1-3H3. The smallest absolute Gasteiger partial charge is 0.234 e. The van der Waals surface area contributed by atoms with Crippen molar-refractivity contribution in [3.63, 3.8) is 0 Å². The molecule has 156 valence electrons. The van der Waals surface area contributed by atoms with Crippen molar-refractivity contribution in [2.75, 3.05) is 24.2 Å². The predicted molar refractivity (Wildman–Crippen MR) is 119 cm³/mol. The van der Waals surface area contributed by atoms with Gasteiger partial charge in [-0.3, -0.25) is 4.31 Å². The maximum atomic E-state index is 12.2. The van der Waals surface area contributed by atoms with E-state index in [0.29, 0.717) is 17.2 Å². The molecule has 1 fully saturated rings. The van der Waals surface area contributed by atoms with Crippen LogP contribution in [0.2, 0.25) is 0 Å². The van der Waals surface area contributed by atoms with Crippen LogP contribution >= 0.6 is 0 Å². The van der Waals surface area contributed by atoms with E-state index in [1.54, 1.807) is 33.2 Å². The summed E-state index contributed by atoms with van der Waals surface area (Å²) in [6, 6.07) is 15.6. The van der Waals surface area contributed by atoms with Crippen molar-refractivity contribution in [2.45, 2.75) is 26.3 Å². The van der Waals surface area contributed by atoms with E-state index in [9.17, 15) is 13.7 Å². The summed E-state index contributed by atoms with van der Waals surface area (Å²) in [5.41, 5.74) is 4.00. The number of nitrogens with zero attached hydrogens (tertiary/aromatic N) is 3. The van der Waals surface area contributed by atoms with Crippen molar-refractivity contribution >= 4 is 26.6 Å². The summed E-state index contributed by atoms with van der Waals surface area (Å²) in [5, 5.41) is 10.9. The van der Waals surface area contributed by atoms with Gasteiger partial charge in [-0.25, -0.2) is 8.42 Å². The van der Waals surface area contributed by atoms with Crippen LogP contribution < -0.4 is 9.04 Å². The van der Waals surface area contributed by atoms with Crippen molar-refractivity contribution in [2.24, 2.45) is 5.92 Å². The van der Waals surface area contributed by atoms with Gasteiger partial charge in [0.15, 0.2) is 0 Å². The fraction of sp³-hybridized carbons (Fsp3) is 0.348. The predicted octanol–water partition coefficient (Wildman–Crippen LogP) is 4.38. The summed E-state index contributed by atoms with van der Waals surface area (Å²) in [4.78, 5) is 0. The lowest BCUT2D eigenvalue weighted by molar-refractivity contribution is 0.415. The van der Waals surface area contributed by atoms with Gasteiger partial charge in [0.2, 0.25) is 10.0 Å². The monoisotopic (exact) mass is 423 g/mol. The van der Waals surface area contributed by atoms with Crippen LogP contribution in [0, 0.1) is 17.2 Å². The van der Waals surface area contributed by atoms with Gasteiger partial charge in [0.25, 0.3) is 0 Å². The number of hydrogen-bond acceptors (Lipinski definition) is 4. The van der Waals surface area contributed by atoms with Crippen LogP contribution in [0.1, 0.15) is 25.3 Å². The molecule has 0 bridgehead atoms. The average Bonchev–Trinajstić information content (AvgIpc) is 3.54. The number of methoxy groups -OCH3 is 1. The van der Waals surface area contributed by atoms with E-state index in [1.807, 2.05) is 30.3 Å². The van der Waals surface area contributed by atoms with Crippen LogP contribution in [-0.4, -0.2) is 32.9 Å². The van der Waals surface area contributed by atoms with Crippen LogP contribution in [0.4, 0.5) is 5.69 Å². The number of aromatic nitrogens is 1. The van der Waals surface area contributed by atoms with Crippen molar-refractivity contribution in [1.82, 2.24) is 4.57 Å². The van der Waals surface area contributed by atoms with Crippen LogP contribution in [0.25, 0.3) is 22.2 Å². The van der Waals surface area contributed by atoms with Gasteiger partial charge >= 0.3 is 0 Å². The number of sulfonamides is 1. The third-order valence-corrected chi connectivity index (χ3v) is 7.58. The first-order chi connectivity index (χ1) is 14.4. The number of nitriles is 1. The molecule has 30 heavy (non-hydrogen) atoms. The normalized spacial score (nSPS) is 13.9. The minimum Gasteiger partial charge on any atom is -0.497 e. The molecule has 1 heterocycles. The molecule has 0 spiro atoms. The first kappa shape index (κ1) is 20.3. The van der Waals surface area contributed by atoms with E-state index in [2.05, 4.69) is 10.6 Å². The van der Waals surface area contributed by atoms with Gasteiger partial charge in [0.1, 0.15) is 11.8 Å². The molecule has 0 radical (unpaired) electrons. The molecular formula is C23H25N3O3S. The highest BCUT2D eigenvalue weighted by molar-refractivity contribution is 7.92. The molecule has 0 N–H and O–H groups in total. The van der Waals surface area contributed by atoms with Gasteiger partial charge in [-0.05, 0) is 55.5 Å². The van der Waals surface area contributed by atoms with Gasteiger partial charge in [-0.15, -0.1) is 0 Å². The molecule has 1 aliphatic carbocycles. The number of hydrogen-bond donors (Lipinski definition) is 0. The second-order valence-corrected chi connectivity index (χ2v) is 9.98. The summed E-state index contributed by atoms with van der Waals surface area (Å²) >= 11 is 0. The first-order valence-corrected chi connectivity index (χ1v) is 11.7. The maximum Gasteiger partial charge on any atom is 0.234 e. The number of benzene rings is 2. The summed E-state index contributed by atoms with van der Waals surface area (Å²) in [6.45, 7) is 2.48. The first-order valence-electron chi connectivity index (χ1n) is 10.1. The Morgan fingerprint density at radius 3 is 2.47 bits per heavy atom. The van der Waals surface area contributed by atoms with Crippen LogP contribution in [0.3, 0.4) is 0 Å². The number of rotatable bonds is 7. The third kappa shape index (κ3) is 3.52. The van der Waals surface area contributed by atoms with Gasteiger partial charge in [0.05, 0.1) is 35.3 Å². The molecule has 0 amide bonds. The number of fused-ring (bicyclic) bond motifs is 1. The van der Waals surface area contributed by atoms with E-state index in [-0.39, 0.29) is 5.75 Å². The topological polar surface area (TPSA) is 75.3 Å². The zero-order valence-corrected chi connectivity index (χ0v) is 18.2. The third-order valence-electron chi connectivity index (χ3n) is 5.81. The molecule has 1 aliphatic rings. The summed E-state index contributed by atoms with van der Waals surface area (Å²) in [6.07, 6.45) is 2.40. The minimum absolute atomic E-state index is 0.0429. The van der Waals surface area contributed by atoms with Crippen molar-refractivity contribution in [3.05, 3.63) is 48.0 Å². The highest BCUT2D eigenvalue weighted by Gasteiger charge is 2.27. The van der Waals surface area contributed by atoms with Crippen LogP contribution in [-0.2, 0) is 16.6 Å². The van der Waals surface area contributed by atoms with E-state index < -0.39 is 10.0 Å². The highest BCUT2D eigenvalue weighted by atomic mass is 32.2. The molecule has 1 aromatic heterocycles. The van der Waals surface area contributed by atoms with Gasteiger partial charge in [-0.1, -0.05) is 12.1 Å². The molecule has 3 aromatic rings. The number of anilines is 1.